The Labute approximate surface area is 137 Å². The lowest BCUT2D eigenvalue weighted by atomic mass is 10.2. The van der Waals surface area contributed by atoms with Gasteiger partial charge in [0.15, 0.2) is 5.82 Å². The molecular weight excluding hydrogens is 312 g/mol. The van der Waals surface area contributed by atoms with Gasteiger partial charge in [-0.3, -0.25) is 19.1 Å². The van der Waals surface area contributed by atoms with Crippen LogP contribution in [0.2, 0.25) is 0 Å². The summed E-state index contributed by atoms with van der Waals surface area (Å²) in [5.41, 5.74) is 0.937. The molecule has 1 heterocycles. The van der Waals surface area contributed by atoms with Gasteiger partial charge >= 0.3 is 5.97 Å². The van der Waals surface area contributed by atoms with Gasteiger partial charge in [-0.2, -0.15) is 5.10 Å². The van der Waals surface area contributed by atoms with E-state index in [1.54, 1.807) is 24.3 Å². The number of hydrogen-bond donors (Lipinski definition) is 3. The second kappa shape index (κ2) is 6.53. The molecule has 1 fully saturated rings. The van der Waals surface area contributed by atoms with E-state index in [1.165, 1.54) is 16.9 Å². The number of aromatic nitrogens is 2. The van der Waals surface area contributed by atoms with Crippen LogP contribution in [0.4, 0.5) is 11.5 Å². The highest BCUT2D eigenvalue weighted by atomic mass is 16.4. The summed E-state index contributed by atoms with van der Waals surface area (Å²) in [6, 6.07) is 8.12. The fraction of sp³-hybridized carbons (Fsp3) is 0.250. The number of carboxylic acids is 1. The number of nitrogens with one attached hydrogen (secondary N) is 2. The quantitative estimate of drug-likeness (QED) is 0.745. The Morgan fingerprint density at radius 3 is 2.71 bits per heavy atom. The van der Waals surface area contributed by atoms with Gasteiger partial charge in [-0.1, -0.05) is 6.07 Å². The molecule has 1 aliphatic carbocycles. The van der Waals surface area contributed by atoms with Crippen molar-refractivity contribution in [3.63, 3.8) is 0 Å². The topological polar surface area (TPSA) is 113 Å². The van der Waals surface area contributed by atoms with Crippen molar-refractivity contribution in [3.8, 4) is 0 Å². The van der Waals surface area contributed by atoms with Crippen molar-refractivity contribution in [2.45, 2.75) is 19.4 Å². The molecule has 2 aromatic rings. The second-order valence-electron chi connectivity index (χ2n) is 5.59. The van der Waals surface area contributed by atoms with E-state index in [1.807, 2.05) is 0 Å². The number of carbonyl (C=O) groups excluding carboxylic acids is 2. The van der Waals surface area contributed by atoms with E-state index in [4.69, 9.17) is 5.11 Å². The lowest BCUT2D eigenvalue weighted by Crippen LogP contribution is -2.16. The van der Waals surface area contributed by atoms with Crippen molar-refractivity contribution >= 4 is 29.3 Å². The van der Waals surface area contributed by atoms with Gasteiger partial charge in [0, 0.05) is 29.4 Å². The molecule has 8 nitrogen and oxygen atoms in total. The third-order valence-corrected chi connectivity index (χ3v) is 3.52. The van der Waals surface area contributed by atoms with Crippen LogP contribution in [0.5, 0.6) is 0 Å². The summed E-state index contributed by atoms with van der Waals surface area (Å²) in [4.78, 5) is 34.6. The number of carboxylic acid groups (broad SMARTS) is 1. The predicted molar refractivity (Wildman–Crippen MR) is 85.6 cm³/mol. The third kappa shape index (κ3) is 3.97. The molecule has 0 radical (unpaired) electrons. The number of amides is 2. The van der Waals surface area contributed by atoms with Crippen molar-refractivity contribution in [1.82, 2.24) is 9.78 Å². The zero-order valence-electron chi connectivity index (χ0n) is 12.7. The highest BCUT2D eigenvalue weighted by molar-refractivity contribution is 6.05. The fourth-order valence-electron chi connectivity index (χ4n) is 2.17. The highest BCUT2D eigenvalue weighted by Crippen LogP contribution is 2.30. The molecule has 1 saturated carbocycles. The minimum atomic E-state index is -1.02. The monoisotopic (exact) mass is 328 g/mol. The average molecular weight is 328 g/mol. The Morgan fingerprint density at radius 2 is 2.00 bits per heavy atom. The number of benzene rings is 1. The van der Waals surface area contributed by atoms with Gasteiger partial charge in [0.05, 0.1) is 0 Å². The molecule has 1 aromatic carbocycles. The maximum atomic E-state index is 12.2. The van der Waals surface area contributed by atoms with E-state index in [0.29, 0.717) is 11.3 Å². The van der Waals surface area contributed by atoms with Crippen LogP contribution in [0, 0.1) is 5.92 Å². The SMILES string of the molecule is O=C(O)Cn1ccc(NC(=O)c2cccc(NC(=O)C3CC3)c2)n1. The molecule has 0 atom stereocenters. The summed E-state index contributed by atoms with van der Waals surface area (Å²) in [6.07, 6.45) is 3.28. The predicted octanol–water partition coefficient (Wildman–Crippen LogP) is 1.57. The molecule has 3 N–H and O–H groups in total. The van der Waals surface area contributed by atoms with E-state index in [9.17, 15) is 14.4 Å². The summed E-state index contributed by atoms with van der Waals surface area (Å²) in [6.45, 7) is -0.279. The van der Waals surface area contributed by atoms with Crippen molar-refractivity contribution in [2.75, 3.05) is 10.6 Å². The van der Waals surface area contributed by atoms with Gasteiger partial charge < -0.3 is 15.7 Å². The van der Waals surface area contributed by atoms with Crippen LogP contribution in [0.15, 0.2) is 36.5 Å². The number of aliphatic carboxylic acids is 1. The molecule has 0 aliphatic heterocycles. The third-order valence-electron chi connectivity index (χ3n) is 3.52. The number of rotatable bonds is 6. The first-order valence-corrected chi connectivity index (χ1v) is 7.49. The first kappa shape index (κ1) is 15.7. The number of carbonyl (C=O) groups is 3. The maximum Gasteiger partial charge on any atom is 0.325 e. The van der Waals surface area contributed by atoms with Crippen molar-refractivity contribution in [2.24, 2.45) is 5.92 Å². The van der Waals surface area contributed by atoms with Gasteiger partial charge in [0.1, 0.15) is 6.54 Å². The van der Waals surface area contributed by atoms with E-state index in [0.717, 1.165) is 12.8 Å². The number of nitrogens with zero attached hydrogens (tertiary/aromatic N) is 2. The standard InChI is InChI=1S/C16H16N4O4/c21-14(22)9-20-7-6-13(19-20)18-16(24)11-2-1-3-12(8-11)17-15(23)10-4-5-10/h1-3,6-8,10H,4-5,9H2,(H,17,23)(H,21,22)(H,18,19,24). The zero-order chi connectivity index (χ0) is 17.1. The Bertz CT molecular complexity index is 795. The molecule has 1 aromatic heterocycles. The molecule has 0 saturated heterocycles. The van der Waals surface area contributed by atoms with E-state index >= 15 is 0 Å². The summed E-state index contributed by atoms with van der Waals surface area (Å²) < 4.78 is 1.21. The molecule has 124 valence electrons. The highest BCUT2D eigenvalue weighted by Gasteiger charge is 2.29. The molecule has 3 rings (SSSR count). The maximum absolute atomic E-state index is 12.2. The van der Waals surface area contributed by atoms with Crippen LogP contribution in [-0.2, 0) is 16.1 Å². The van der Waals surface area contributed by atoms with Gasteiger partial charge in [-0.25, -0.2) is 0 Å². The molecule has 1 aliphatic rings. The van der Waals surface area contributed by atoms with Gasteiger partial charge in [0.2, 0.25) is 5.91 Å². The lowest BCUT2D eigenvalue weighted by molar-refractivity contribution is -0.137. The van der Waals surface area contributed by atoms with Crippen LogP contribution in [0.1, 0.15) is 23.2 Å². The fourth-order valence-corrected chi connectivity index (χ4v) is 2.17. The number of hydrogen-bond acceptors (Lipinski definition) is 4. The number of anilines is 2. The van der Waals surface area contributed by atoms with E-state index in [2.05, 4.69) is 15.7 Å². The van der Waals surface area contributed by atoms with Crippen LogP contribution < -0.4 is 10.6 Å². The zero-order valence-corrected chi connectivity index (χ0v) is 12.7. The minimum Gasteiger partial charge on any atom is -0.480 e. The summed E-state index contributed by atoms with van der Waals surface area (Å²) >= 11 is 0. The van der Waals surface area contributed by atoms with Crippen LogP contribution in [0.25, 0.3) is 0 Å². The molecule has 0 unspecified atom stereocenters. The Hall–Kier alpha value is -3.16. The summed E-state index contributed by atoms with van der Waals surface area (Å²) in [5, 5.41) is 18.0. The average Bonchev–Trinajstić information content (AvgIpc) is 3.30. The molecule has 0 bridgehead atoms. The molecule has 8 heteroatoms. The first-order chi connectivity index (χ1) is 11.5. The minimum absolute atomic E-state index is 0.0278. The smallest absolute Gasteiger partial charge is 0.325 e. The Kier molecular flexibility index (Phi) is 4.28. The van der Waals surface area contributed by atoms with Crippen molar-refractivity contribution in [3.05, 3.63) is 42.1 Å². The molecule has 2 amide bonds. The summed E-state index contributed by atoms with van der Waals surface area (Å²) in [5.74, 6) is -1.09. The van der Waals surface area contributed by atoms with Gasteiger partial charge in [-0.05, 0) is 31.0 Å². The van der Waals surface area contributed by atoms with Gasteiger partial charge in [-0.15, -0.1) is 0 Å². The molecule has 0 spiro atoms. The van der Waals surface area contributed by atoms with E-state index < -0.39 is 11.9 Å². The second-order valence-corrected chi connectivity index (χ2v) is 5.59. The molecular formula is C16H16N4O4. The largest absolute Gasteiger partial charge is 0.480 e. The lowest BCUT2D eigenvalue weighted by Gasteiger charge is -2.07. The molecule has 24 heavy (non-hydrogen) atoms. The van der Waals surface area contributed by atoms with E-state index in [-0.39, 0.29) is 24.2 Å². The van der Waals surface area contributed by atoms with Crippen LogP contribution >= 0.6 is 0 Å². The van der Waals surface area contributed by atoms with Crippen molar-refractivity contribution < 1.29 is 19.5 Å². The first-order valence-electron chi connectivity index (χ1n) is 7.49. The Morgan fingerprint density at radius 1 is 1.21 bits per heavy atom. The van der Waals surface area contributed by atoms with Crippen LogP contribution in [0.3, 0.4) is 0 Å². The summed E-state index contributed by atoms with van der Waals surface area (Å²) in [7, 11) is 0. The van der Waals surface area contributed by atoms with Crippen LogP contribution in [-0.4, -0.2) is 32.7 Å². The normalized spacial score (nSPS) is 13.3. The Balaban J connectivity index is 1.64. The van der Waals surface area contributed by atoms with Crippen molar-refractivity contribution in [1.29, 1.82) is 0 Å². The van der Waals surface area contributed by atoms with Gasteiger partial charge in [0.25, 0.3) is 5.91 Å².